The number of rotatable bonds is 4. The Kier molecular flexibility index (Phi) is 4.52. The lowest BCUT2D eigenvalue weighted by Gasteiger charge is -2.36. The van der Waals surface area contributed by atoms with Crippen molar-refractivity contribution in [1.29, 1.82) is 0 Å². The minimum atomic E-state index is -0.0737. The summed E-state index contributed by atoms with van der Waals surface area (Å²) >= 11 is 1.49. The van der Waals surface area contributed by atoms with Crippen LogP contribution >= 0.6 is 11.3 Å². The molecule has 7 nitrogen and oxygen atoms in total. The minimum Gasteiger partial charge on any atom is -0.492 e. The van der Waals surface area contributed by atoms with Crippen molar-refractivity contribution in [2.45, 2.75) is 19.9 Å². The first-order valence-electron chi connectivity index (χ1n) is 9.86. The molecule has 0 aliphatic carbocycles. The Bertz CT molecular complexity index is 1120. The highest BCUT2D eigenvalue weighted by atomic mass is 32.1. The van der Waals surface area contributed by atoms with Crippen LogP contribution in [0.4, 0.5) is 5.69 Å². The van der Waals surface area contributed by atoms with E-state index in [1.807, 2.05) is 32.0 Å². The van der Waals surface area contributed by atoms with Gasteiger partial charge in [0, 0.05) is 5.69 Å². The number of aromatic nitrogens is 3. The molecule has 8 heteroatoms. The Labute approximate surface area is 172 Å². The van der Waals surface area contributed by atoms with E-state index in [1.54, 1.807) is 0 Å². The van der Waals surface area contributed by atoms with Gasteiger partial charge in [-0.05, 0) is 38.1 Å². The van der Waals surface area contributed by atoms with Crippen molar-refractivity contribution in [2.24, 2.45) is 0 Å². The zero-order valence-corrected chi connectivity index (χ0v) is 17.3. The molecule has 0 saturated carbocycles. The molecule has 1 fully saturated rings. The molecular weight excluding hydrogens is 386 g/mol. The maximum atomic E-state index is 10.9. The molecule has 1 aliphatic heterocycles. The second-order valence-electron chi connectivity index (χ2n) is 7.51. The highest BCUT2D eigenvalue weighted by Crippen LogP contribution is 2.35. The van der Waals surface area contributed by atoms with Crippen molar-refractivity contribution in [3.05, 3.63) is 64.7 Å². The lowest BCUT2D eigenvalue weighted by atomic mass is 10.1. The number of para-hydroxylation sites is 1. The maximum absolute atomic E-state index is 10.9. The summed E-state index contributed by atoms with van der Waals surface area (Å²) in [5, 5.41) is 15.2. The molecule has 0 bridgehead atoms. The Morgan fingerprint density at radius 1 is 1.10 bits per heavy atom. The average molecular weight is 411 g/mol. The maximum Gasteiger partial charge on any atom is 0.235 e. The number of hydrogen-bond donors (Lipinski definition) is 2. The van der Waals surface area contributed by atoms with Crippen LogP contribution in [0.5, 0.6) is 5.88 Å². The Hall–Kier alpha value is -2.84. The summed E-state index contributed by atoms with van der Waals surface area (Å²) < 4.78 is 7.57. The van der Waals surface area contributed by atoms with Gasteiger partial charge in [-0.2, -0.15) is 4.52 Å². The normalized spacial score (nSPS) is 16.6. The number of fused-ring (bicyclic) bond motifs is 1. The molecule has 1 aromatic carbocycles. The largest absolute Gasteiger partial charge is 0.492 e. The van der Waals surface area contributed by atoms with Gasteiger partial charge in [-0.25, -0.2) is 4.98 Å². The second kappa shape index (κ2) is 7.20. The Balaban J connectivity index is 1.47. The summed E-state index contributed by atoms with van der Waals surface area (Å²) in [6.45, 7) is 7.60. The topological polar surface area (TPSA) is 71.2 Å². The molecule has 150 valence electrons. The molecule has 0 radical (unpaired) electrons. The van der Waals surface area contributed by atoms with E-state index in [0.717, 1.165) is 42.6 Å². The monoisotopic (exact) mass is 410 g/mol. The lowest BCUT2D eigenvalue weighted by molar-refractivity contribution is -0.926. The molecule has 1 atom stereocenters. The third-order valence-corrected chi connectivity index (χ3v) is 6.63. The zero-order chi connectivity index (χ0) is 20.0. The molecule has 1 saturated heterocycles. The van der Waals surface area contributed by atoms with Crippen LogP contribution in [0.15, 0.2) is 46.9 Å². The molecule has 5 rings (SSSR count). The van der Waals surface area contributed by atoms with Crippen LogP contribution in [-0.4, -0.2) is 45.9 Å². The van der Waals surface area contributed by atoms with Gasteiger partial charge in [0.05, 0.1) is 26.2 Å². The standard InChI is InChI=1S/C21H23N5O2S/c1-14-8-9-17(28-14)18(19-20(27)26-21(29-19)22-15(2)23-26)25-12-10-24(11-13-25)16-6-4-3-5-7-16/h3-9,18,27H,10-13H2,1-2H3/p+1/t18-/m0/s1. The number of thiazole rings is 1. The van der Waals surface area contributed by atoms with E-state index in [9.17, 15) is 5.11 Å². The minimum absolute atomic E-state index is 0.0737. The lowest BCUT2D eigenvalue weighted by Crippen LogP contribution is -3.15. The van der Waals surface area contributed by atoms with E-state index in [0.29, 0.717) is 10.8 Å². The van der Waals surface area contributed by atoms with E-state index in [2.05, 4.69) is 39.2 Å². The number of furan rings is 1. The van der Waals surface area contributed by atoms with Gasteiger partial charge in [0.2, 0.25) is 10.8 Å². The van der Waals surface area contributed by atoms with Gasteiger partial charge in [-0.1, -0.05) is 29.5 Å². The molecular formula is C21H24N5O2S+. The number of aryl methyl sites for hydroxylation is 2. The van der Waals surface area contributed by atoms with E-state index < -0.39 is 0 Å². The van der Waals surface area contributed by atoms with Crippen LogP contribution in [0.1, 0.15) is 28.3 Å². The van der Waals surface area contributed by atoms with E-state index in [4.69, 9.17) is 4.42 Å². The van der Waals surface area contributed by atoms with E-state index in [-0.39, 0.29) is 11.9 Å². The third kappa shape index (κ3) is 3.28. The molecule has 3 aromatic heterocycles. The van der Waals surface area contributed by atoms with Gasteiger partial charge >= 0.3 is 0 Å². The fourth-order valence-corrected chi connectivity index (χ4v) is 5.31. The van der Waals surface area contributed by atoms with Crippen LogP contribution < -0.4 is 9.80 Å². The van der Waals surface area contributed by atoms with Gasteiger partial charge in [0.25, 0.3) is 0 Å². The van der Waals surface area contributed by atoms with Gasteiger partial charge in [0.1, 0.15) is 16.5 Å². The van der Waals surface area contributed by atoms with Gasteiger partial charge in [-0.15, -0.1) is 5.10 Å². The summed E-state index contributed by atoms with van der Waals surface area (Å²) in [4.78, 5) is 9.80. The van der Waals surface area contributed by atoms with Crippen molar-refractivity contribution in [2.75, 3.05) is 31.1 Å². The first-order valence-corrected chi connectivity index (χ1v) is 10.7. The predicted molar refractivity (Wildman–Crippen MR) is 112 cm³/mol. The zero-order valence-electron chi connectivity index (χ0n) is 16.5. The average Bonchev–Trinajstić information content (AvgIpc) is 3.40. The summed E-state index contributed by atoms with van der Waals surface area (Å²) in [7, 11) is 0. The molecule has 2 N–H and O–H groups in total. The van der Waals surface area contributed by atoms with Gasteiger partial charge in [-0.3, -0.25) is 0 Å². The number of aromatic hydroxyl groups is 1. The number of quaternary nitrogens is 1. The van der Waals surface area contributed by atoms with Gasteiger partial charge < -0.3 is 19.3 Å². The Morgan fingerprint density at radius 3 is 2.52 bits per heavy atom. The van der Waals surface area contributed by atoms with Crippen molar-refractivity contribution in [1.82, 2.24) is 14.6 Å². The van der Waals surface area contributed by atoms with Crippen molar-refractivity contribution >= 4 is 22.0 Å². The number of piperazine rings is 1. The van der Waals surface area contributed by atoms with Crippen LogP contribution in [0.25, 0.3) is 4.96 Å². The summed E-state index contributed by atoms with van der Waals surface area (Å²) in [6.07, 6.45) is 0. The van der Waals surface area contributed by atoms with E-state index >= 15 is 0 Å². The fourth-order valence-electron chi connectivity index (χ4n) is 4.14. The Morgan fingerprint density at radius 2 is 1.86 bits per heavy atom. The molecule has 4 heterocycles. The quantitative estimate of drug-likeness (QED) is 0.540. The SMILES string of the molecule is Cc1nc2sc([C@H](c3ccc(C)o3)[NH+]3CCN(c4ccccc4)CC3)c(O)n2n1. The van der Waals surface area contributed by atoms with Gasteiger partial charge in [0.15, 0.2) is 11.8 Å². The highest BCUT2D eigenvalue weighted by Gasteiger charge is 2.37. The summed E-state index contributed by atoms with van der Waals surface area (Å²) in [5.74, 6) is 2.58. The molecule has 0 spiro atoms. The number of benzene rings is 1. The van der Waals surface area contributed by atoms with Crippen molar-refractivity contribution in [3.8, 4) is 5.88 Å². The molecule has 1 aliphatic rings. The van der Waals surface area contributed by atoms with E-state index in [1.165, 1.54) is 26.4 Å². The van der Waals surface area contributed by atoms with Crippen molar-refractivity contribution < 1.29 is 14.4 Å². The van der Waals surface area contributed by atoms with Crippen LogP contribution in [0.2, 0.25) is 0 Å². The van der Waals surface area contributed by atoms with Crippen LogP contribution in [-0.2, 0) is 0 Å². The number of nitrogens with zero attached hydrogens (tertiary/aromatic N) is 4. The fraction of sp³-hybridized carbons (Fsp3) is 0.333. The number of hydrogen-bond acceptors (Lipinski definition) is 6. The van der Waals surface area contributed by atoms with Crippen LogP contribution in [0.3, 0.4) is 0 Å². The molecule has 29 heavy (non-hydrogen) atoms. The first-order chi connectivity index (χ1) is 14.1. The smallest absolute Gasteiger partial charge is 0.235 e. The molecule has 0 amide bonds. The van der Waals surface area contributed by atoms with Crippen LogP contribution in [0, 0.1) is 13.8 Å². The van der Waals surface area contributed by atoms with Crippen molar-refractivity contribution in [3.63, 3.8) is 0 Å². The molecule has 4 aromatic rings. The highest BCUT2D eigenvalue weighted by molar-refractivity contribution is 7.17. The third-order valence-electron chi connectivity index (χ3n) is 5.55. The first kappa shape index (κ1) is 18.2. The predicted octanol–water partition coefficient (Wildman–Crippen LogP) is 2.20. The summed E-state index contributed by atoms with van der Waals surface area (Å²) in [5.41, 5.74) is 1.26. The summed E-state index contributed by atoms with van der Waals surface area (Å²) in [6, 6.07) is 14.5. The molecule has 0 unspecified atom stereocenters. The second-order valence-corrected chi connectivity index (χ2v) is 8.51. The number of anilines is 1. The number of nitrogens with one attached hydrogen (secondary N) is 1.